The highest BCUT2D eigenvalue weighted by Crippen LogP contribution is 2.26. The summed E-state index contributed by atoms with van der Waals surface area (Å²) in [5.74, 6) is -2.68. The molecule has 2 amide bonds. The Bertz CT molecular complexity index is 892. The molecular formula is C14H11N5O9. The maximum absolute atomic E-state index is 12.1. The van der Waals surface area contributed by atoms with Gasteiger partial charge in [-0.25, -0.2) is 9.59 Å². The molecule has 0 aliphatic carbocycles. The number of carbonyl (C=O) groups is 4. The van der Waals surface area contributed by atoms with Crippen LogP contribution in [0.3, 0.4) is 0 Å². The van der Waals surface area contributed by atoms with Crippen LogP contribution in [0.1, 0.15) is 30.1 Å². The van der Waals surface area contributed by atoms with Gasteiger partial charge in [-0.1, -0.05) is 16.2 Å². The first-order chi connectivity index (χ1) is 13.2. The van der Waals surface area contributed by atoms with Gasteiger partial charge in [0.2, 0.25) is 6.29 Å². The van der Waals surface area contributed by atoms with Crippen molar-refractivity contribution in [2.24, 2.45) is 5.11 Å². The lowest BCUT2D eigenvalue weighted by molar-refractivity contribution is -0.385. The first-order valence-electron chi connectivity index (χ1n) is 7.51. The Labute approximate surface area is 155 Å². The molecule has 1 saturated heterocycles. The number of imide groups is 1. The molecular weight excluding hydrogens is 382 g/mol. The molecule has 146 valence electrons. The van der Waals surface area contributed by atoms with Crippen molar-refractivity contribution in [2.75, 3.05) is 0 Å². The molecule has 0 radical (unpaired) electrons. The second-order valence-electron chi connectivity index (χ2n) is 5.16. The standard InChI is InChI=1S/C14H11N5O9/c1-7(27-14(23)28-18-11(20)4-5-12(18)21)26-13(22)9-3-2-8(16-17-15)6-10(9)19(24)25/h2-3,6-7H,4-5H2,1H3. The van der Waals surface area contributed by atoms with Gasteiger partial charge in [-0.15, -0.1) is 0 Å². The van der Waals surface area contributed by atoms with Crippen molar-refractivity contribution in [3.8, 4) is 0 Å². The van der Waals surface area contributed by atoms with Crippen molar-refractivity contribution >= 4 is 35.3 Å². The number of hydrogen-bond acceptors (Lipinski definition) is 10. The minimum Gasteiger partial charge on any atom is -0.422 e. The first kappa shape index (κ1) is 20.1. The zero-order valence-electron chi connectivity index (χ0n) is 14.1. The maximum Gasteiger partial charge on any atom is 0.537 e. The van der Waals surface area contributed by atoms with E-state index in [1.807, 2.05) is 0 Å². The van der Waals surface area contributed by atoms with Crippen LogP contribution in [0, 0.1) is 10.1 Å². The third kappa shape index (κ3) is 4.70. The van der Waals surface area contributed by atoms with Crippen LogP contribution in [0.25, 0.3) is 10.4 Å². The van der Waals surface area contributed by atoms with E-state index in [9.17, 15) is 29.3 Å². The van der Waals surface area contributed by atoms with Gasteiger partial charge in [0.1, 0.15) is 5.56 Å². The van der Waals surface area contributed by atoms with E-state index in [2.05, 4.69) is 19.6 Å². The van der Waals surface area contributed by atoms with Gasteiger partial charge in [0, 0.05) is 36.4 Å². The number of rotatable bonds is 6. The van der Waals surface area contributed by atoms with E-state index in [1.165, 1.54) is 0 Å². The third-order valence-corrected chi connectivity index (χ3v) is 3.26. The molecule has 0 aromatic heterocycles. The molecule has 14 nitrogen and oxygen atoms in total. The molecule has 1 aliphatic rings. The number of carbonyl (C=O) groups excluding carboxylic acids is 4. The summed E-state index contributed by atoms with van der Waals surface area (Å²) in [4.78, 5) is 63.4. The summed E-state index contributed by atoms with van der Waals surface area (Å²) < 4.78 is 9.33. The number of ether oxygens (including phenoxy) is 2. The van der Waals surface area contributed by atoms with E-state index >= 15 is 0 Å². The monoisotopic (exact) mass is 393 g/mol. The van der Waals surface area contributed by atoms with E-state index in [-0.39, 0.29) is 23.6 Å². The zero-order valence-corrected chi connectivity index (χ0v) is 14.1. The summed E-state index contributed by atoms with van der Waals surface area (Å²) in [5.41, 5.74) is 7.07. The minimum atomic E-state index is -1.57. The lowest BCUT2D eigenvalue weighted by atomic mass is 10.1. The molecule has 0 spiro atoms. The van der Waals surface area contributed by atoms with Gasteiger partial charge in [-0.05, 0) is 11.6 Å². The first-order valence-corrected chi connectivity index (χ1v) is 7.51. The summed E-state index contributed by atoms with van der Waals surface area (Å²) in [5, 5.41) is 14.5. The molecule has 0 bridgehead atoms. The lowest BCUT2D eigenvalue weighted by Crippen LogP contribution is -2.34. The van der Waals surface area contributed by atoms with Crippen molar-refractivity contribution < 1.29 is 38.4 Å². The SMILES string of the molecule is CC(OC(=O)ON1C(=O)CCC1=O)OC(=O)c1ccc(N=[N+]=[N-])cc1[N+](=O)[O-]. The van der Waals surface area contributed by atoms with Crippen molar-refractivity contribution in [1.29, 1.82) is 0 Å². The van der Waals surface area contributed by atoms with Crippen molar-refractivity contribution in [3.63, 3.8) is 0 Å². The van der Waals surface area contributed by atoms with Crippen LogP contribution >= 0.6 is 0 Å². The van der Waals surface area contributed by atoms with Gasteiger partial charge >= 0.3 is 12.1 Å². The van der Waals surface area contributed by atoms with Crippen LogP contribution in [-0.4, -0.2) is 40.2 Å². The number of esters is 1. The third-order valence-electron chi connectivity index (χ3n) is 3.26. The summed E-state index contributed by atoms with van der Waals surface area (Å²) in [6, 6.07) is 3.01. The zero-order chi connectivity index (χ0) is 20.8. The molecule has 1 atom stereocenters. The minimum absolute atomic E-state index is 0.0985. The molecule has 28 heavy (non-hydrogen) atoms. The van der Waals surface area contributed by atoms with Crippen LogP contribution in [0.15, 0.2) is 23.3 Å². The highest BCUT2D eigenvalue weighted by molar-refractivity contribution is 6.01. The summed E-state index contributed by atoms with van der Waals surface area (Å²) in [6.45, 7) is 1.10. The molecule has 2 rings (SSSR count). The fraction of sp³-hybridized carbons (Fsp3) is 0.286. The highest BCUT2D eigenvalue weighted by Gasteiger charge is 2.34. The Morgan fingerprint density at radius 1 is 1.29 bits per heavy atom. The molecule has 1 aromatic carbocycles. The highest BCUT2D eigenvalue weighted by atomic mass is 16.9. The normalized spacial score (nSPS) is 14.1. The van der Waals surface area contributed by atoms with E-state index in [0.29, 0.717) is 0 Å². The predicted octanol–water partition coefficient (Wildman–Crippen LogP) is 2.26. The average Bonchev–Trinajstić information content (AvgIpc) is 2.93. The summed E-state index contributed by atoms with van der Waals surface area (Å²) in [6.07, 6.45) is -3.29. The Morgan fingerprint density at radius 2 is 1.93 bits per heavy atom. The van der Waals surface area contributed by atoms with Gasteiger partial charge in [0.15, 0.2) is 0 Å². The van der Waals surface area contributed by atoms with Crippen LogP contribution in [-0.2, 0) is 23.9 Å². The molecule has 0 saturated carbocycles. The lowest BCUT2D eigenvalue weighted by Gasteiger charge is -2.16. The molecule has 1 heterocycles. The predicted molar refractivity (Wildman–Crippen MR) is 85.4 cm³/mol. The van der Waals surface area contributed by atoms with E-state index < -0.39 is 46.4 Å². The van der Waals surface area contributed by atoms with Crippen molar-refractivity contribution in [1.82, 2.24) is 5.06 Å². The van der Waals surface area contributed by atoms with Gasteiger partial charge in [-0.3, -0.25) is 24.5 Å². The second-order valence-corrected chi connectivity index (χ2v) is 5.16. The number of amides is 2. The number of nitrogens with zero attached hydrogens (tertiary/aromatic N) is 5. The van der Waals surface area contributed by atoms with Gasteiger partial charge in [0.25, 0.3) is 17.5 Å². The van der Waals surface area contributed by atoms with E-state index in [0.717, 1.165) is 25.1 Å². The quantitative estimate of drug-likeness (QED) is 0.102. The Morgan fingerprint density at radius 3 is 2.50 bits per heavy atom. The Hall–Kier alpha value is -4.19. The molecule has 1 fully saturated rings. The number of azide groups is 1. The summed E-state index contributed by atoms with van der Waals surface area (Å²) in [7, 11) is 0. The average molecular weight is 393 g/mol. The fourth-order valence-electron chi connectivity index (χ4n) is 2.09. The van der Waals surface area contributed by atoms with Gasteiger partial charge in [-0.2, -0.15) is 0 Å². The summed E-state index contributed by atoms with van der Waals surface area (Å²) >= 11 is 0. The number of hydroxylamine groups is 2. The maximum atomic E-state index is 12.1. The molecule has 1 unspecified atom stereocenters. The molecule has 1 aliphatic heterocycles. The second kappa shape index (κ2) is 8.46. The van der Waals surface area contributed by atoms with Crippen LogP contribution in [0.5, 0.6) is 0 Å². The van der Waals surface area contributed by atoms with Crippen molar-refractivity contribution in [2.45, 2.75) is 26.1 Å². The molecule has 0 N–H and O–H groups in total. The van der Waals surface area contributed by atoms with Gasteiger partial charge < -0.3 is 9.47 Å². The molecule has 1 aromatic rings. The Kier molecular flexibility index (Phi) is 6.08. The van der Waals surface area contributed by atoms with Crippen molar-refractivity contribution in [3.05, 3.63) is 44.3 Å². The fourth-order valence-corrected chi connectivity index (χ4v) is 2.09. The number of benzene rings is 1. The largest absolute Gasteiger partial charge is 0.537 e. The number of nitro groups is 1. The molecule has 14 heteroatoms. The van der Waals surface area contributed by atoms with Crippen LogP contribution in [0.2, 0.25) is 0 Å². The van der Waals surface area contributed by atoms with E-state index in [4.69, 9.17) is 10.3 Å². The van der Waals surface area contributed by atoms with Crippen LogP contribution in [0.4, 0.5) is 16.2 Å². The number of hydrogen-bond donors (Lipinski definition) is 0. The van der Waals surface area contributed by atoms with E-state index in [1.54, 1.807) is 0 Å². The topological polar surface area (TPSA) is 191 Å². The Balaban J connectivity index is 2.02. The number of nitro benzene ring substituents is 1. The van der Waals surface area contributed by atoms with Crippen LogP contribution < -0.4 is 0 Å². The smallest absolute Gasteiger partial charge is 0.422 e. The van der Waals surface area contributed by atoms with Gasteiger partial charge in [0.05, 0.1) is 4.92 Å².